The van der Waals surface area contributed by atoms with Gasteiger partial charge in [-0.1, -0.05) is 11.6 Å². The van der Waals surface area contributed by atoms with Gasteiger partial charge in [0, 0.05) is 11.3 Å². The smallest absolute Gasteiger partial charge is 0.246 e. The summed E-state index contributed by atoms with van der Waals surface area (Å²) in [6, 6.07) is 1.30. The molecule has 1 heterocycles. The van der Waals surface area contributed by atoms with Crippen molar-refractivity contribution in [1.82, 2.24) is 4.98 Å². The second kappa shape index (κ2) is 3.83. The van der Waals surface area contributed by atoms with Gasteiger partial charge in [0.15, 0.2) is 0 Å². The molecule has 0 bridgehead atoms. The quantitative estimate of drug-likeness (QED) is 0.571. The monoisotopic (exact) mass is 303 g/mol. The van der Waals surface area contributed by atoms with Crippen molar-refractivity contribution in [2.75, 3.05) is 0 Å². The van der Waals surface area contributed by atoms with Crippen LogP contribution in [-0.2, 0) is 0 Å². The van der Waals surface area contributed by atoms with E-state index < -0.39 is 6.43 Å². The molecule has 0 amide bonds. The first kappa shape index (κ1) is 10.1. The van der Waals surface area contributed by atoms with E-state index in [1.165, 1.54) is 6.07 Å². The first-order valence-electron chi connectivity index (χ1n) is 3.13. The summed E-state index contributed by atoms with van der Waals surface area (Å²) < 4.78 is 25.0. The zero-order valence-electron chi connectivity index (χ0n) is 6.11. The molecule has 66 valence electrons. The van der Waals surface area contributed by atoms with Crippen LogP contribution in [0.5, 0.6) is 0 Å². The molecule has 12 heavy (non-hydrogen) atoms. The maximum Gasteiger partial charge on any atom is 0.265 e. The van der Waals surface area contributed by atoms with Gasteiger partial charge in [-0.15, -0.1) is 0 Å². The number of nitrogens with zero attached hydrogens (tertiary/aromatic N) is 1. The van der Waals surface area contributed by atoms with Gasteiger partial charge in [0.25, 0.3) is 6.43 Å². The molecule has 0 spiro atoms. The lowest BCUT2D eigenvalue weighted by molar-refractivity contribution is 0.151. The normalized spacial score (nSPS) is 10.8. The molecule has 5 heteroatoms. The number of rotatable bonds is 1. The van der Waals surface area contributed by atoms with Gasteiger partial charge in [-0.2, -0.15) is 0 Å². The number of hydrogen-bond donors (Lipinski definition) is 0. The summed E-state index contributed by atoms with van der Waals surface area (Å²) in [6.07, 6.45) is -2.53. The van der Waals surface area contributed by atoms with E-state index in [0.717, 1.165) is 0 Å². The first-order valence-corrected chi connectivity index (χ1v) is 4.58. The van der Waals surface area contributed by atoms with Crippen molar-refractivity contribution in [3.05, 3.63) is 26.0 Å². The Hall–Kier alpha value is 0.0300. The Morgan fingerprint density at radius 2 is 2.17 bits per heavy atom. The van der Waals surface area contributed by atoms with Gasteiger partial charge in [0.1, 0.15) is 3.70 Å². The number of pyridine rings is 1. The molecule has 1 nitrogen and oxygen atoms in total. The average Bonchev–Trinajstić information content (AvgIpc) is 1.96. The van der Waals surface area contributed by atoms with Crippen LogP contribution in [0.2, 0.25) is 5.02 Å². The van der Waals surface area contributed by atoms with Crippen LogP contribution in [0.4, 0.5) is 8.78 Å². The van der Waals surface area contributed by atoms with Crippen molar-refractivity contribution >= 4 is 34.2 Å². The number of halogens is 4. The molecule has 1 aromatic heterocycles. The molecule has 0 radical (unpaired) electrons. The van der Waals surface area contributed by atoms with E-state index in [9.17, 15) is 8.78 Å². The highest BCUT2D eigenvalue weighted by Crippen LogP contribution is 2.29. The predicted molar refractivity (Wildman–Crippen MR) is 51.7 cm³/mol. The lowest BCUT2D eigenvalue weighted by Gasteiger charge is -2.05. The Balaban J connectivity index is 3.28. The molecular formula is C7H5ClF2IN. The standard InChI is InChI=1S/C7H5ClF2IN/c1-3-2-4(6(9)10)5(8)7(11)12-3/h2,6H,1H3. The van der Waals surface area contributed by atoms with Gasteiger partial charge in [-0.05, 0) is 35.6 Å². The second-order valence-corrected chi connectivity index (χ2v) is 3.66. The third-order valence-electron chi connectivity index (χ3n) is 1.31. The maximum atomic E-state index is 12.3. The summed E-state index contributed by atoms with van der Waals surface area (Å²) in [4.78, 5) is 3.94. The van der Waals surface area contributed by atoms with Crippen LogP contribution < -0.4 is 0 Å². The molecule has 0 atom stereocenters. The summed E-state index contributed by atoms with van der Waals surface area (Å²) in [5, 5.41) is 0.0520. The van der Waals surface area contributed by atoms with Gasteiger partial charge in [0.05, 0.1) is 5.02 Å². The molecule has 1 aromatic rings. The summed E-state index contributed by atoms with van der Waals surface area (Å²) >= 11 is 7.44. The minimum Gasteiger partial charge on any atom is -0.246 e. The molecule has 0 aromatic carbocycles. The van der Waals surface area contributed by atoms with E-state index >= 15 is 0 Å². The van der Waals surface area contributed by atoms with Crippen molar-refractivity contribution in [2.45, 2.75) is 13.3 Å². The minimum absolute atomic E-state index is 0.0520. The summed E-state index contributed by atoms with van der Waals surface area (Å²) in [5.41, 5.74) is 0.410. The van der Waals surface area contributed by atoms with Gasteiger partial charge in [0.2, 0.25) is 0 Å². The molecule has 0 aliphatic carbocycles. The first-order chi connectivity index (χ1) is 5.52. The Morgan fingerprint density at radius 1 is 1.58 bits per heavy atom. The van der Waals surface area contributed by atoms with Gasteiger partial charge >= 0.3 is 0 Å². The lowest BCUT2D eigenvalue weighted by Crippen LogP contribution is -1.94. The third kappa shape index (κ3) is 2.04. The van der Waals surface area contributed by atoms with Gasteiger partial charge in [-0.3, -0.25) is 0 Å². The van der Waals surface area contributed by atoms with Gasteiger partial charge in [-0.25, -0.2) is 13.8 Å². The van der Waals surface area contributed by atoms with E-state index in [1.807, 2.05) is 22.6 Å². The molecular weight excluding hydrogens is 298 g/mol. The van der Waals surface area contributed by atoms with Gasteiger partial charge < -0.3 is 0 Å². The number of aryl methyl sites for hydroxylation is 1. The highest BCUT2D eigenvalue weighted by molar-refractivity contribution is 14.1. The SMILES string of the molecule is Cc1cc(C(F)F)c(Cl)c(I)n1. The van der Waals surface area contributed by atoms with Crippen molar-refractivity contribution < 1.29 is 8.78 Å². The van der Waals surface area contributed by atoms with E-state index in [2.05, 4.69) is 4.98 Å². The Bertz CT molecular complexity index is 304. The molecule has 1 rings (SSSR count). The van der Waals surface area contributed by atoms with Crippen molar-refractivity contribution in [3.8, 4) is 0 Å². The summed E-state index contributed by atoms with van der Waals surface area (Å²) in [6.45, 7) is 1.66. The van der Waals surface area contributed by atoms with E-state index in [0.29, 0.717) is 9.39 Å². The van der Waals surface area contributed by atoms with Crippen LogP contribution >= 0.6 is 34.2 Å². The zero-order valence-corrected chi connectivity index (χ0v) is 9.03. The fourth-order valence-corrected chi connectivity index (χ4v) is 1.67. The van der Waals surface area contributed by atoms with Crippen LogP contribution in [-0.4, -0.2) is 4.98 Å². The molecule has 0 N–H and O–H groups in total. The summed E-state index contributed by atoms with van der Waals surface area (Å²) in [7, 11) is 0. The van der Waals surface area contributed by atoms with Crippen LogP contribution in [0.25, 0.3) is 0 Å². The largest absolute Gasteiger partial charge is 0.265 e. The van der Waals surface area contributed by atoms with E-state index in [-0.39, 0.29) is 10.6 Å². The summed E-state index contributed by atoms with van der Waals surface area (Å²) in [5.74, 6) is 0. The van der Waals surface area contributed by atoms with Crippen molar-refractivity contribution in [2.24, 2.45) is 0 Å². The fraction of sp³-hybridized carbons (Fsp3) is 0.286. The molecule has 0 fully saturated rings. The Labute approximate surface area is 87.3 Å². The van der Waals surface area contributed by atoms with E-state index in [1.54, 1.807) is 6.92 Å². The Kier molecular flexibility index (Phi) is 3.22. The molecule has 0 saturated heterocycles. The fourth-order valence-electron chi connectivity index (χ4n) is 0.802. The highest BCUT2D eigenvalue weighted by Gasteiger charge is 2.15. The zero-order chi connectivity index (χ0) is 9.30. The lowest BCUT2D eigenvalue weighted by atomic mass is 10.2. The second-order valence-electron chi connectivity index (χ2n) is 2.26. The molecule has 0 unspecified atom stereocenters. The van der Waals surface area contributed by atoms with Crippen LogP contribution in [0, 0.1) is 10.6 Å². The Morgan fingerprint density at radius 3 is 2.67 bits per heavy atom. The number of aromatic nitrogens is 1. The minimum atomic E-state index is -2.53. The van der Waals surface area contributed by atoms with E-state index in [4.69, 9.17) is 11.6 Å². The topological polar surface area (TPSA) is 12.9 Å². The number of alkyl halides is 2. The molecule has 0 aliphatic heterocycles. The average molecular weight is 303 g/mol. The molecule has 0 aliphatic rings. The molecule has 0 saturated carbocycles. The van der Waals surface area contributed by atoms with Crippen molar-refractivity contribution in [3.63, 3.8) is 0 Å². The highest BCUT2D eigenvalue weighted by atomic mass is 127. The predicted octanol–water partition coefficient (Wildman–Crippen LogP) is 3.59. The van der Waals surface area contributed by atoms with Crippen LogP contribution in [0.1, 0.15) is 17.7 Å². The van der Waals surface area contributed by atoms with Crippen molar-refractivity contribution in [1.29, 1.82) is 0 Å². The van der Waals surface area contributed by atoms with Crippen LogP contribution in [0.15, 0.2) is 6.07 Å². The maximum absolute atomic E-state index is 12.3. The third-order valence-corrected chi connectivity index (χ3v) is 2.81. The van der Waals surface area contributed by atoms with Crippen LogP contribution in [0.3, 0.4) is 0 Å². The number of hydrogen-bond acceptors (Lipinski definition) is 1.